The Morgan fingerprint density at radius 1 is 1.14 bits per heavy atom. The number of ether oxygens (including phenoxy) is 1. The molecule has 0 saturated carbocycles. The average molecular weight is 494 g/mol. The lowest BCUT2D eigenvalue weighted by atomic mass is 9.84. The molecule has 37 heavy (non-hydrogen) atoms. The molecule has 0 spiro atoms. The van der Waals surface area contributed by atoms with Gasteiger partial charge in [-0.3, -0.25) is 14.5 Å². The van der Waals surface area contributed by atoms with E-state index in [-0.39, 0.29) is 30.3 Å². The molecule has 2 aliphatic rings. The van der Waals surface area contributed by atoms with Crippen LogP contribution < -0.4 is 10.1 Å². The summed E-state index contributed by atoms with van der Waals surface area (Å²) in [6.45, 7) is 6.88. The average Bonchev–Trinajstić information content (AvgIpc) is 3.34. The number of nitrogens with zero attached hydrogens (tertiary/aromatic N) is 4. The Labute approximate surface area is 214 Å². The molecule has 4 aromatic rings. The molecule has 186 valence electrons. The highest BCUT2D eigenvalue weighted by molar-refractivity contribution is 6.11. The van der Waals surface area contributed by atoms with Gasteiger partial charge in [0, 0.05) is 54.7 Å². The van der Waals surface area contributed by atoms with Crippen LogP contribution in [0.25, 0.3) is 10.9 Å². The summed E-state index contributed by atoms with van der Waals surface area (Å²) in [7, 11) is 0. The number of hydrogen-bond acceptors (Lipinski definition) is 6. The molecule has 2 aromatic heterocycles. The molecule has 2 aliphatic heterocycles. The van der Waals surface area contributed by atoms with Gasteiger partial charge in [0.25, 0.3) is 5.91 Å². The number of amides is 2. The van der Waals surface area contributed by atoms with Crippen LogP contribution in [0.2, 0.25) is 0 Å². The Hall–Kier alpha value is -4.46. The molecule has 8 nitrogen and oxygen atoms in total. The number of benzene rings is 2. The van der Waals surface area contributed by atoms with Crippen LogP contribution in [-0.2, 0) is 16.1 Å². The van der Waals surface area contributed by atoms with E-state index in [9.17, 15) is 9.59 Å². The van der Waals surface area contributed by atoms with Crippen LogP contribution >= 0.6 is 0 Å². The molecule has 0 aliphatic carbocycles. The van der Waals surface area contributed by atoms with E-state index in [0.29, 0.717) is 17.2 Å². The van der Waals surface area contributed by atoms with E-state index in [1.807, 2.05) is 36.4 Å². The largest absolute Gasteiger partial charge is 0.424 e. The number of aromatic nitrogens is 3. The minimum Gasteiger partial charge on any atom is -0.424 e. The molecule has 0 saturated heterocycles. The molecule has 2 aromatic carbocycles. The van der Waals surface area contributed by atoms with Crippen LogP contribution in [0.5, 0.6) is 11.8 Å². The molecule has 1 atom stereocenters. The van der Waals surface area contributed by atoms with Gasteiger partial charge in [-0.25, -0.2) is 9.97 Å². The van der Waals surface area contributed by atoms with Crippen LogP contribution in [0.1, 0.15) is 37.8 Å². The number of nitrogens with one attached hydrogen (secondary N) is 1. The molecular weight excluding hydrogens is 466 g/mol. The topological polar surface area (TPSA) is 89.3 Å². The normalized spacial score (nSPS) is 16.7. The molecule has 4 heterocycles. The molecule has 0 radical (unpaired) electrons. The van der Waals surface area contributed by atoms with E-state index in [2.05, 4.69) is 46.0 Å². The first-order valence-electron chi connectivity index (χ1n) is 12.4. The number of carbonyl (C=O) groups is 2. The van der Waals surface area contributed by atoms with E-state index in [1.165, 1.54) is 11.8 Å². The van der Waals surface area contributed by atoms with Gasteiger partial charge in [0.15, 0.2) is 0 Å². The van der Waals surface area contributed by atoms with Gasteiger partial charge in [-0.15, -0.1) is 0 Å². The van der Waals surface area contributed by atoms with Crippen LogP contribution in [0.3, 0.4) is 0 Å². The van der Waals surface area contributed by atoms with Crippen LogP contribution in [-0.4, -0.2) is 37.8 Å². The van der Waals surface area contributed by atoms with Crippen molar-refractivity contribution in [3.8, 4) is 11.8 Å². The highest BCUT2D eigenvalue weighted by atomic mass is 16.5. The van der Waals surface area contributed by atoms with Gasteiger partial charge in [-0.1, -0.05) is 32.0 Å². The van der Waals surface area contributed by atoms with Gasteiger partial charge < -0.3 is 14.6 Å². The van der Waals surface area contributed by atoms with Crippen LogP contribution in [0.4, 0.5) is 5.69 Å². The van der Waals surface area contributed by atoms with E-state index in [1.54, 1.807) is 18.5 Å². The summed E-state index contributed by atoms with van der Waals surface area (Å²) in [6, 6.07) is 15.8. The summed E-state index contributed by atoms with van der Waals surface area (Å²) in [5.74, 6) is 0.0883. The summed E-state index contributed by atoms with van der Waals surface area (Å²) in [4.78, 5) is 35.7. The predicted octanol–water partition coefficient (Wildman–Crippen LogP) is 5.08. The van der Waals surface area contributed by atoms with Crippen molar-refractivity contribution in [3.63, 3.8) is 0 Å². The van der Waals surface area contributed by atoms with E-state index < -0.39 is 0 Å². The highest BCUT2D eigenvalue weighted by Gasteiger charge is 2.41. The minimum absolute atomic E-state index is 0.223. The molecule has 0 bridgehead atoms. The fourth-order valence-corrected chi connectivity index (χ4v) is 5.37. The van der Waals surface area contributed by atoms with E-state index >= 15 is 0 Å². The maximum atomic E-state index is 13.7. The molecule has 0 unspecified atom stereocenters. The Morgan fingerprint density at radius 2 is 1.92 bits per heavy atom. The smallest absolute Gasteiger partial charge is 0.321 e. The molecule has 0 fully saturated rings. The van der Waals surface area contributed by atoms with Gasteiger partial charge in [0.1, 0.15) is 5.75 Å². The van der Waals surface area contributed by atoms with E-state index in [4.69, 9.17) is 4.74 Å². The minimum atomic E-state index is -0.390. The molecular formula is C29H27N5O3. The second-order valence-electron chi connectivity index (χ2n) is 9.90. The first kappa shape index (κ1) is 23.0. The quantitative estimate of drug-likeness (QED) is 0.417. The van der Waals surface area contributed by atoms with Gasteiger partial charge in [-0.05, 0) is 47.4 Å². The summed E-state index contributed by atoms with van der Waals surface area (Å²) in [5.41, 5.74) is 5.30. The number of hydrogen-bond donors (Lipinski definition) is 1. The third-order valence-corrected chi connectivity index (χ3v) is 6.82. The zero-order chi connectivity index (χ0) is 25.7. The van der Waals surface area contributed by atoms with Crippen molar-refractivity contribution in [3.05, 3.63) is 89.5 Å². The SMILES string of the molecule is CC(=O)N1CC2=C(C1=O)[C@H](c1cccc(Oc3ncccn3)c1)c1cn(CC(C)C)c3cccc(c13)N2. The Morgan fingerprint density at radius 3 is 2.68 bits per heavy atom. The number of imide groups is 1. The third-order valence-electron chi connectivity index (χ3n) is 6.82. The summed E-state index contributed by atoms with van der Waals surface area (Å²) in [6.07, 6.45) is 5.41. The maximum Gasteiger partial charge on any atom is 0.321 e. The summed E-state index contributed by atoms with van der Waals surface area (Å²) < 4.78 is 8.19. The number of anilines is 1. The van der Waals surface area contributed by atoms with Gasteiger partial charge in [0.2, 0.25) is 5.91 Å². The Balaban J connectivity index is 1.55. The van der Waals surface area contributed by atoms with Crippen molar-refractivity contribution in [2.45, 2.75) is 33.2 Å². The van der Waals surface area contributed by atoms with Crippen LogP contribution in [0, 0.1) is 5.92 Å². The zero-order valence-corrected chi connectivity index (χ0v) is 20.9. The second kappa shape index (κ2) is 8.89. The summed E-state index contributed by atoms with van der Waals surface area (Å²) >= 11 is 0. The van der Waals surface area contributed by atoms with Crippen molar-refractivity contribution in [1.82, 2.24) is 19.4 Å². The predicted molar refractivity (Wildman–Crippen MR) is 140 cm³/mol. The van der Waals surface area contributed by atoms with Gasteiger partial charge >= 0.3 is 6.01 Å². The monoisotopic (exact) mass is 493 g/mol. The molecule has 8 heteroatoms. The standard InChI is InChI=1S/C29H27N5O3/c1-17(2)14-33-15-21-25(19-7-4-8-20(13-19)37-29-30-11-6-12-31-29)27-23(16-34(18(3)35)28(27)36)32-22-9-5-10-24(33)26(21)22/h4-13,15,17,25,32H,14,16H2,1-3H3/t25-/m1/s1. The first-order valence-corrected chi connectivity index (χ1v) is 12.4. The first-order chi connectivity index (χ1) is 17.9. The second-order valence-corrected chi connectivity index (χ2v) is 9.90. The van der Waals surface area contributed by atoms with Crippen molar-refractivity contribution in [2.24, 2.45) is 5.92 Å². The number of carbonyl (C=O) groups excluding carboxylic acids is 2. The fourth-order valence-electron chi connectivity index (χ4n) is 5.37. The van der Waals surface area contributed by atoms with Crippen molar-refractivity contribution in [2.75, 3.05) is 11.9 Å². The maximum absolute atomic E-state index is 13.7. The van der Waals surface area contributed by atoms with Crippen LogP contribution in [0.15, 0.2) is 78.4 Å². The van der Waals surface area contributed by atoms with E-state index in [0.717, 1.165) is 40.0 Å². The highest BCUT2D eigenvalue weighted by Crippen LogP contribution is 2.47. The lowest BCUT2D eigenvalue weighted by molar-refractivity contribution is -0.139. The fraction of sp³-hybridized carbons (Fsp3) is 0.241. The van der Waals surface area contributed by atoms with Crippen molar-refractivity contribution in [1.29, 1.82) is 0 Å². The van der Waals surface area contributed by atoms with Crippen molar-refractivity contribution >= 4 is 28.4 Å². The molecule has 2 amide bonds. The molecule has 1 N–H and O–H groups in total. The lowest BCUT2D eigenvalue weighted by Gasteiger charge is -2.20. The zero-order valence-electron chi connectivity index (χ0n) is 20.9. The lowest BCUT2D eigenvalue weighted by Crippen LogP contribution is -2.33. The van der Waals surface area contributed by atoms with Gasteiger partial charge in [0.05, 0.1) is 17.6 Å². The van der Waals surface area contributed by atoms with Crippen molar-refractivity contribution < 1.29 is 14.3 Å². The number of rotatable bonds is 5. The third kappa shape index (κ3) is 3.94. The molecule has 6 rings (SSSR count). The van der Waals surface area contributed by atoms with Gasteiger partial charge in [-0.2, -0.15) is 0 Å². The Kier molecular flexibility index (Phi) is 5.52. The summed E-state index contributed by atoms with van der Waals surface area (Å²) in [5, 5.41) is 4.61. The Bertz CT molecular complexity index is 1570.